The van der Waals surface area contributed by atoms with Crippen molar-refractivity contribution in [1.82, 2.24) is 19.6 Å². The van der Waals surface area contributed by atoms with Gasteiger partial charge in [-0.3, -0.25) is 0 Å². The van der Waals surface area contributed by atoms with Crippen LogP contribution in [0.25, 0.3) is 0 Å². The van der Waals surface area contributed by atoms with E-state index in [-0.39, 0.29) is 0 Å². The molecular formula is C18H38N4. The van der Waals surface area contributed by atoms with Crippen molar-refractivity contribution in [3.05, 3.63) is 0 Å². The number of likely N-dealkylation sites (tertiary alicyclic amines) is 2. The van der Waals surface area contributed by atoms with E-state index in [9.17, 15) is 0 Å². The predicted molar refractivity (Wildman–Crippen MR) is 95.6 cm³/mol. The fourth-order valence-corrected chi connectivity index (χ4v) is 3.71. The van der Waals surface area contributed by atoms with Gasteiger partial charge in [0.25, 0.3) is 0 Å². The molecular weight excluding hydrogens is 272 g/mol. The molecule has 2 rings (SSSR count). The van der Waals surface area contributed by atoms with Gasteiger partial charge in [0.2, 0.25) is 0 Å². The Morgan fingerprint density at radius 3 is 1.32 bits per heavy atom. The quantitative estimate of drug-likeness (QED) is 0.577. The van der Waals surface area contributed by atoms with Crippen molar-refractivity contribution >= 4 is 0 Å². The zero-order chi connectivity index (χ0) is 15.6. The van der Waals surface area contributed by atoms with E-state index >= 15 is 0 Å². The van der Waals surface area contributed by atoms with Gasteiger partial charge in [0.15, 0.2) is 0 Å². The molecule has 0 radical (unpaired) electrons. The zero-order valence-corrected chi connectivity index (χ0v) is 15.1. The fraction of sp³-hybridized carbons (Fsp3) is 1.00. The van der Waals surface area contributed by atoms with Crippen molar-refractivity contribution < 1.29 is 0 Å². The van der Waals surface area contributed by atoms with Gasteiger partial charge < -0.3 is 19.6 Å². The molecule has 0 bridgehead atoms. The Bertz CT molecular complexity index is 244. The van der Waals surface area contributed by atoms with Crippen molar-refractivity contribution in [3.8, 4) is 0 Å². The van der Waals surface area contributed by atoms with Crippen molar-refractivity contribution in [2.24, 2.45) is 0 Å². The third-order valence-electron chi connectivity index (χ3n) is 5.29. The Balaban J connectivity index is 1.41. The third kappa shape index (κ3) is 7.40. The maximum absolute atomic E-state index is 2.62. The molecule has 2 heterocycles. The number of nitrogens with zero attached hydrogens (tertiary/aromatic N) is 4. The van der Waals surface area contributed by atoms with Crippen LogP contribution in [-0.4, -0.2) is 99.1 Å². The first kappa shape index (κ1) is 18.2. The van der Waals surface area contributed by atoms with Gasteiger partial charge in [0, 0.05) is 13.1 Å². The van der Waals surface area contributed by atoms with E-state index in [2.05, 4.69) is 33.7 Å². The molecule has 22 heavy (non-hydrogen) atoms. The van der Waals surface area contributed by atoms with E-state index in [1.807, 2.05) is 0 Å². The minimum atomic E-state index is 1.21. The highest BCUT2D eigenvalue weighted by molar-refractivity contribution is 4.68. The first-order chi connectivity index (χ1) is 10.7. The normalized spacial score (nSPS) is 20.7. The average molecular weight is 311 g/mol. The van der Waals surface area contributed by atoms with E-state index in [0.29, 0.717) is 0 Å². The molecule has 0 aliphatic carbocycles. The number of likely N-dealkylation sites (N-methyl/N-ethyl adjacent to an activating group) is 2. The minimum Gasteiger partial charge on any atom is -0.305 e. The van der Waals surface area contributed by atoms with Crippen LogP contribution in [0.5, 0.6) is 0 Å². The molecule has 130 valence electrons. The molecule has 0 spiro atoms. The van der Waals surface area contributed by atoms with Gasteiger partial charge in [-0.15, -0.1) is 0 Å². The maximum Gasteiger partial charge on any atom is 0.0106 e. The van der Waals surface area contributed by atoms with Crippen molar-refractivity contribution in [3.63, 3.8) is 0 Å². The van der Waals surface area contributed by atoms with Crippen LogP contribution in [0.1, 0.15) is 38.5 Å². The van der Waals surface area contributed by atoms with Crippen molar-refractivity contribution in [2.45, 2.75) is 38.5 Å². The van der Waals surface area contributed by atoms with Gasteiger partial charge >= 0.3 is 0 Å². The Labute approximate surface area is 138 Å². The van der Waals surface area contributed by atoms with E-state index in [4.69, 9.17) is 0 Å². The highest BCUT2D eigenvalue weighted by atomic mass is 15.2. The lowest BCUT2D eigenvalue weighted by Crippen LogP contribution is -2.34. The van der Waals surface area contributed by atoms with E-state index < -0.39 is 0 Å². The summed E-state index contributed by atoms with van der Waals surface area (Å²) in [7, 11) is 4.56. The van der Waals surface area contributed by atoms with Gasteiger partial charge in [-0.2, -0.15) is 0 Å². The molecule has 2 fully saturated rings. The summed E-state index contributed by atoms with van der Waals surface area (Å²) in [6.45, 7) is 12.9. The molecule has 0 N–H and O–H groups in total. The average Bonchev–Trinajstić information content (AvgIpc) is 3.18. The summed E-state index contributed by atoms with van der Waals surface area (Å²) in [5.74, 6) is 0. The van der Waals surface area contributed by atoms with Crippen LogP contribution in [0.3, 0.4) is 0 Å². The summed E-state index contributed by atoms with van der Waals surface area (Å²) in [6, 6.07) is 0. The predicted octanol–water partition coefficient (Wildman–Crippen LogP) is 1.82. The molecule has 0 aromatic carbocycles. The Hall–Kier alpha value is -0.160. The van der Waals surface area contributed by atoms with Gasteiger partial charge in [-0.25, -0.2) is 0 Å². The number of rotatable bonds is 11. The van der Waals surface area contributed by atoms with Gasteiger partial charge in [-0.05, 0) is 105 Å². The van der Waals surface area contributed by atoms with Gasteiger partial charge in [0.05, 0.1) is 0 Å². The topological polar surface area (TPSA) is 13.0 Å². The standard InChI is InChI=1S/C18H38N4/c1-19(9-7-15-21-11-3-4-12-21)17-18-20(2)10-8-16-22-13-5-6-14-22/h3-18H2,1-2H3. The van der Waals surface area contributed by atoms with E-state index in [0.717, 1.165) is 0 Å². The molecule has 4 nitrogen and oxygen atoms in total. The van der Waals surface area contributed by atoms with E-state index in [1.54, 1.807) is 0 Å². The Morgan fingerprint density at radius 2 is 0.955 bits per heavy atom. The highest BCUT2D eigenvalue weighted by Crippen LogP contribution is 2.08. The van der Waals surface area contributed by atoms with Crippen LogP contribution in [0.4, 0.5) is 0 Å². The lowest BCUT2D eigenvalue weighted by Gasteiger charge is -2.24. The molecule has 0 aromatic rings. The van der Waals surface area contributed by atoms with Crippen molar-refractivity contribution in [2.75, 3.05) is 79.5 Å². The SMILES string of the molecule is CN(CCCN1CCCC1)CCN(C)CCCN1CCCC1. The maximum atomic E-state index is 2.62. The summed E-state index contributed by atoms with van der Waals surface area (Å²) in [4.78, 5) is 10.3. The van der Waals surface area contributed by atoms with Crippen LogP contribution in [0.15, 0.2) is 0 Å². The number of hydrogen-bond donors (Lipinski definition) is 0. The Morgan fingerprint density at radius 1 is 0.591 bits per heavy atom. The second-order valence-electron chi connectivity index (χ2n) is 7.41. The van der Waals surface area contributed by atoms with Crippen LogP contribution >= 0.6 is 0 Å². The fourth-order valence-electron chi connectivity index (χ4n) is 3.71. The van der Waals surface area contributed by atoms with Crippen LogP contribution < -0.4 is 0 Å². The van der Waals surface area contributed by atoms with Crippen LogP contribution in [0.2, 0.25) is 0 Å². The van der Waals surface area contributed by atoms with Crippen LogP contribution in [-0.2, 0) is 0 Å². The lowest BCUT2D eigenvalue weighted by atomic mass is 10.3. The summed E-state index contributed by atoms with van der Waals surface area (Å²) >= 11 is 0. The molecule has 0 saturated carbocycles. The first-order valence-electron chi connectivity index (χ1n) is 9.56. The summed E-state index contributed by atoms with van der Waals surface area (Å²) in [5.41, 5.74) is 0. The molecule has 0 unspecified atom stereocenters. The molecule has 2 saturated heterocycles. The summed E-state index contributed by atoms with van der Waals surface area (Å²) < 4.78 is 0. The lowest BCUT2D eigenvalue weighted by molar-refractivity contribution is 0.230. The summed E-state index contributed by atoms with van der Waals surface area (Å²) in [6.07, 6.45) is 8.32. The van der Waals surface area contributed by atoms with Crippen LogP contribution in [0, 0.1) is 0 Å². The van der Waals surface area contributed by atoms with Crippen molar-refractivity contribution in [1.29, 1.82) is 0 Å². The largest absolute Gasteiger partial charge is 0.305 e. The third-order valence-corrected chi connectivity index (χ3v) is 5.29. The van der Waals surface area contributed by atoms with Gasteiger partial charge in [-0.1, -0.05) is 0 Å². The smallest absolute Gasteiger partial charge is 0.0106 e. The monoisotopic (exact) mass is 310 g/mol. The van der Waals surface area contributed by atoms with Gasteiger partial charge in [0.1, 0.15) is 0 Å². The molecule has 0 amide bonds. The molecule has 4 heteroatoms. The molecule has 0 atom stereocenters. The first-order valence-corrected chi connectivity index (χ1v) is 9.56. The second kappa shape index (κ2) is 10.6. The highest BCUT2D eigenvalue weighted by Gasteiger charge is 2.12. The minimum absolute atomic E-state index is 1.21. The van der Waals surface area contributed by atoms with E-state index in [1.165, 1.54) is 104 Å². The number of hydrogen-bond acceptors (Lipinski definition) is 4. The second-order valence-corrected chi connectivity index (χ2v) is 7.41. The molecule has 2 aliphatic heterocycles. The summed E-state index contributed by atoms with van der Waals surface area (Å²) in [5, 5.41) is 0. The zero-order valence-electron chi connectivity index (χ0n) is 15.1. The molecule has 2 aliphatic rings. The Kier molecular flexibility index (Phi) is 8.75. The molecule has 0 aromatic heterocycles.